The van der Waals surface area contributed by atoms with Gasteiger partial charge in [-0.1, -0.05) is 18.2 Å². The summed E-state index contributed by atoms with van der Waals surface area (Å²) in [4.78, 5) is 16.2. The Morgan fingerprint density at radius 3 is 2.47 bits per heavy atom. The second-order valence-electron chi connectivity index (χ2n) is 8.17. The van der Waals surface area contributed by atoms with Crippen molar-refractivity contribution >= 4 is 43.4 Å². The quantitative estimate of drug-likeness (QED) is 0.439. The van der Waals surface area contributed by atoms with Crippen LogP contribution in [0.15, 0.2) is 71.6 Å². The van der Waals surface area contributed by atoms with Crippen molar-refractivity contribution in [1.29, 1.82) is 0 Å². The van der Waals surface area contributed by atoms with Crippen molar-refractivity contribution in [3.8, 4) is 5.75 Å². The summed E-state index contributed by atoms with van der Waals surface area (Å²) >= 11 is 0. The Labute approximate surface area is 197 Å². The molecule has 1 aliphatic rings. The van der Waals surface area contributed by atoms with Gasteiger partial charge in [-0.2, -0.15) is 4.31 Å². The molecule has 1 unspecified atom stereocenters. The van der Waals surface area contributed by atoms with Gasteiger partial charge in [0.1, 0.15) is 5.75 Å². The first-order valence-corrected chi connectivity index (χ1v) is 12.5. The predicted molar refractivity (Wildman–Crippen MR) is 131 cm³/mol. The van der Waals surface area contributed by atoms with Gasteiger partial charge in [-0.05, 0) is 49.4 Å². The van der Waals surface area contributed by atoms with E-state index in [1.54, 1.807) is 19.1 Å². The number of carbonyl (C=O) groups is 1. The van der Waals surface area contributed by atoms with Crippen molar-refractivity contribution in [2.75, 3.05) is 31.6 Å². The summed E-state index contributed by atoms with van der Waals surface area (Å²) in [6, 6.07) is 19.9. The van der Waals surface area contributed by atoms with Crippen molar-refractivity contribution in [2.24, 2.45) is 0 Å². The van der Waals surface area contributed by atoms with Crippen molar-refractivity contribution in [2.45, 2.75) is 17.9 Å². The molecule has 0 radical (unpaired) electrons. The van der Waals surface area contributed by atoms with Crippen molar-refractivity contribution in [3.05, 3.63) is 66.7 Å². The molecule has 8 nitrogen and oxygen atoms in total. The minimum Gasteiger partial charge on any atom is -0.481 e. The number of hydrogen-bond donors (Lipinski definition) is 2. The van der Waals surface area contributed by atoms with E-state index < -0.39 is 16.1 Å². The lowest BCUT2D eigenvalue weighted by molar-refractivity contribution is -0.122. The zero-order chi connectivity index (χ0) is 23.7. The van der Waals surface area contributed by atoms with E-state index in [0.29, 0.717) is 37.7 Å². The molecule has 1 atom stereocenters. The molecule has 5 rings (SSSR count). The molecule has 2 heterocycles. The van der Waals surface area contributed by atoms with E-state index in [-0.39, 0.29) is 10.8 Å². The Kier molecular flexibility index (Phi) is 5.99. The van der Waals surface area contributed by atoms with Crippen molar-refractivity contribution < 1.29 is 22.7 Å². The number of ether oxygens (including phenoxy) is 2. The normalized spacial score (nSPS) is 15.9. The van der Waals surface area contributed by atoms with Gasteiger partial charge in [0.15, 0.2) is 6.10 Å². The van der Waals surface area contributed by atoms with E-state index in [4.69, 9.17) is 9.47 Å². The number of aromatic nitrogens is 1. The first kappa shape index (κ1) is 22.4. The minimum absolute atomic E-state index is 0.184. The summed E-state index contributed by atoms with van der Waals surface area (Å²) in [5.41, 5.74) is 2.47. The third-order valence-corrected chi connectivity index (χ3v) is 7.80. The summed E-state index contributed by atoms with van der Waals surface area (Å²) in [6.45, 7) is 3.11. The lowest BCUT2D eigenvalue weighted by Crippen LogP contribution is -2.40. The number of benzene rings is 3. The van der Waals surface area contributed by atoms with Crippen LogP contribution in [0.5, 0.6) is 5.75 Å². The highest BCUT2D eigenvalue weighted by molar-refractivity contribution is 7.89. The maximum atomic E-state index is 12.7. The van der Waals surface area contributed by atoms with E-state index in [1.165, 1.54) is 16.4 Å². The highest BCUT2D eigenvalue weighted by Gasteiger charge is 2.26. The fraction of sp³-hybridized carbons (Fsp3) is 0.240. The molecule has 1 aromatic heterocycles. The molecule has 1 amide bonds. The zero-order valence-electron chi connectivity index (χ0n) is 18.7. The number of para-hydroxylation sites is 1. The molecule has 9 heteroatoms. The first-order valence-electron chi connectivity index (χ1n) is 11.1. The Bertz CT molecular complexity index is 1440. The Hall–Kier alpha value is -3.40. The van der Waals surface area contributed by atoms with Crippen LogP contribution < -0.4 is 10.1 Å². The van der Waals surface area contributed by atoms with Gasteiger partial charge in [0.25, 0.3) is 5.91 Å². The van der Waals surface area contributed by atoms with Crippen LogP contribution in [-0.2, 0) is 19.6 Å². The Balaban J connectivity index is 1.24. The van der Waals surface area contributed by atoms with Crippen LogP contribution in [0, 0.1) is 0 Å². The van der Waals surface area contributed by atoms with Crippen LogP contribution >= 0.6 is 0 Å². The summed E-state index contributed by atoms with van der Waals surface area (Å²) in [5.74, 6) is 0.245. The number of H-pyrrole nitrogens is 1. The molecule has 1 fully saturated rings. The lowest BCUT2D eigenvalue weighted by Gasteiger charge is -2.26. The molecule has 0 saturated carbocycles. The SMILES string of the molecule is CC(Oc1ccc2c(c1)[nH]c1ccccc12)C(=O)Nc1ccc(S(=O)(=O)N2CCOCC2)cc1. The highest BCUT2D eigenvalue weighted by atomic mass is 32.2. The van der Waals surface area contributed by atoms with Crippen LogP contribution in [0.1, 0.15) is 6.92 Å². The van der Waals surface area contributed by atoms with Crippen LogP contribution in [-0.4, -0.2) is 56.0 Å². The predicted octanol–water partition coefficient (Wildman–Crippen LogP) is 3.75. The second kappa shape index (κ2) is 9.09. The molecule has 0 spiro atoms. The summed E-state index contributed by atoms with van der Waals surface area (Å²) in [5, 5.41) is 5.00. The van der Waals surface area contributed by atoms with Crippen molar-refractivity contribution in [1.82, 2.24) is 9.29 Å². The number of amides is 1. The number of hydrogen-bond acceptors (Lipinski definition) is 5. The van der Waals surface area contributed by atoms with Gasteiger partial charge in [0, 0.05) is 41.1 Å². The third-order valence-electron chi connectivity index (χ3n) is 5.89. The van der Waals surface area contributed by atoms with E-state index in [0.717, 1.165) is 21.8 Å². The number of nitrogens with zero attached hydrogens (tertiary/aromatic N) is 1. The Morgan fingerprint density at radius 1 is 1.00 bits per heavy atom. The standard InChI is InChI=1S/C25H25N3O5S/c1-17(33-19-8-11-22-21-4-2-3-5-23(21)27-24(22)16-19)25(29)26-18-6-9-20(10-7-18)34(30,31)28-12-14-32-15-13-28/h2-11,16-17,27H,12-15H2,1H3,(H,26,29). The molecule has 2 N–H and O–H groups in total. The molecule has 34 heavy (non-hydrogen) atoms. The van der Waals surface area contributed by atoms with Crippen LogP contribution in [0.3, 0.4) is 0 Å². The van der Waals surface area contributed by atoms with Crippen LogP contribution in [0.25, 0.3) is 21.8 Å². The van der Waals surface area contributed by atoms with E-state index in [1.807, 2.05) is 36.4 Å². The maximum Gasteiger partial charge on any atom is 0.265 e. The van der Waals surface area contributed by atoms with Gasteiger partial charge in [-0.15, -0.1) is 0 Å². The third kappa shape index (κ3) is 4.37. The van der Waals surface area contributed by atoms with E-state index >= 15 is 0 Å². The first-order chi connectivity index (χ1) is 16.4. The van der Waals surface area contributed by atoms with E-state index in [9.17, 15) is 13.2 Å². The molecule has 4 aromatic rings. The van der Waals surface area contributed by atoms with Gasteiger partial charge < -0.3 is 19.8 Å². The van der Waals surface area contributed by atoms with Gasteiger partial charge in [0.2, 0.25) is 10.0 Å². The number of rotatable bonds is 6. The number of aromatic amines is 1. The summed E-state index contributed by atoms with van der Waals surface area (Å²) in [6.07, 6.45) is -0.751. The number of anilines is 1. The van der Waals surface area contributed by atoms with Crippen LogP contribution in [0.2, 0.25) is 0 Å². The second-order valence-corrected chi connectivity index (χ2v) is 10.1. The molecular weight excluding hydrogens is 454 g/mol. The van der Waals surface area contributed by atoms with Crippen LogP contribution in [0.4, 0.5) is 5.69 Å². The number of morpholine rings is 1. The number of sulfonamides is 1. The number of carbonyl (C=O) groups excluding carboxylic acids is 1. The molecule has 0 bridgehead atoms. The fourth-order valence-electron chi connectivity index (χ4n) is 4.05. The lowest BCUT2D eigenvalue weighted by atomic mass is 10.1. The van der Waals surface area contributed by atoms with E-state index in [2.05, 4.69) is 16.4 Å². The van der Waals surface area contributed by atoms with Gasteiger partial charge >= 0.3 is 0 Å². The number of fused-ring (bicyclic) bond motifs is 3. The fourth-order valence-corrected chi connectivity index (χ4v) is 5.46. The molecule has 3 aromatic carbocycles. The zero-order valence-corrected chi connectivity index (χ0v) is 19.5. The van der Waals surface area contributed by atoms with Gasteiger partial charge in [-0.25, -0.2) is 8.42 Å². The topological polar surface area (TPSA) is 101 Å². The average Bonchev–Trinajstić information content (AvgIpc) is 3.22. The number of nitrogens with one attached hydrogen (secondary N) is 2. The average molecular weight is 480 g/mol. The summed E-state index contributed by atoms with van der Waals surface area (Å²) < 4.78 is 38.0. The largest absolute Gasteiger partial charge is 0.481 e. The molecule has 0 aliphatic carbocycles. The molecule has 176 valence electrons. The Morgan fingerprint density at radius 2 is 1.71 bits per heavy atom. The molecule has 1 saturated heterocycles. The highest BCUT2D eigenvalue weighted by Crippen LogP contribution is 2.28. The van der Waals surface area contributed by atoms with Gasteiger partial charge in [0.05, 0.1) is 23.6 Å². The molecule has 1 aliphatic heterocycles. The van der Waals surface area contributed by atoms with Crippen molar-refractivity contribution in [3.63, 3.8) is 0 Å². The maximum absolute atomic E-state index is 12.7. The monoisotopic (exact) mass is 479 g/mol. The smallest absolute Gasteiger partial charge is 0.265 e. The summed E-state index contributed by atoms with van der Waals surface area (Å²) in [7, 11) is -3.58. The minimum atomic E-state index is -3.58. The van der Waals surface area contributed by atoms with Gasteiger partial charge in [-0.3, -0.25) is 4.79 Å². The molecular formula is C25H25N3O5S.